The average Bonchev–Trinajstić information content (AvgIpc) is 2.79. The van der Waals surface area contributed by atoms with Gasteiger partial charge in [-0.05, 0) is 31.4 Å². The van der Waals surface area contributed by atoms with Crippen LogP contribution < -0.4 is 5.32 Å². The maximum absolute atomic E-state index is 12.3. The SMILES string of the molecule is Cc1nn(C)c(C)c1CC(C)C(=O)NCC(O)Cc1ccccc1. The average molecular weight is 329 g/mol. The molecule has 24 heavy (non-hydrogen) atoms. The van der Waals surface area contributed by atoms with Gasteiger partial charge in [0.05, 0.1) is 11.8 Å². The third-order valence-electron chi connectivity index (χ3n) is 4.44. The lowest BCUT2D eigenvalue weighted by atomic mass is 9.98. The molecule has 2 N–H and O–H groups in total. The lowest BCUT2D eigenvalue weighted by Gasteiger charge is -2.15. The Morgan fingerprint density at radius 3 is 2.50 bits per heavy atom. The lowest BCUT2D eigenvalue weighted by Crippen LogP contribution is -2.37. The van der Waals surface area contributed by atoms with Crippen LogP contribution in [0.25, 0.3) is 0 Å². The largest absolute Gasteiger partial charge is 0.391 e. The third-order valence-corrected chi connectivity index (χ3v) is 4.44. The zero-order valence-corrected chi connectivity index (χ0v) is 14.9. The minimum absolute atomic E-state index is 0.0373. The summed E-state index contributed by atoms with van der Waals surface area (Å²) in [5.74, 6) is -0.194. The van der Waals surface area contributed by atoms with Crippen LogP contribution in [0.2, 0.25) is 0 Å². The van der Waals surface area contributed by atoms with Gasteiger partial charge in [-0.3, -0.25) is 9.48 Å². The van der Waals surface area contributed by atoms with Crippen LogP contribution in [-0.2, 0) is 24.7 Å². The van der Waals surface area contributed by atoms with E-state index in [-0.39, 0.29) is 18.4 Å². The molecule has 1 aromatic carbocycles. The van der Waals surface area contributed by atoms with Crippen molar-refractivity contribution >= 4 is 5.91 Å². The van der Waals surface area contributed by atoms with Gasteiger partial charge in [0.1, 0.15) is 0 Å². The molecule has 0 fully saturated rings. The van der Waals surface area contributed by atoms with Gasteiger partial charge < -0.3 is 10.4 Å². The molecule has 0 saturated heterocycles. The predicted molar refractivity (Wildman–Crippen MR) is 94.7 cm³/mol. The number of hydrogen-bond donors (Lipinski definition) is 2. The summed E-state index contributed by atoms with van der Waals surface area (Å²) in [7, 11) is 1.91. The van der Waals surface area contributed by atoms with Crippen LogP contribution in [0.3, 0.4) is 0 Å². The van der Waals surface area contributed by atoms with Crippen molar-refractivity contribution in [2.45, 2.75) is 39.7 Å². The molecule has 0 radical (unpaired) electrons. The summed E-state index contributed by atoms with van der Waals surface area (Å²) in [5.41, 5.74) is 4.26. The first-order chi connectivity index (χ1) is 11.4. The number of amides is 1. The van der Waals surface area contributed by atoms with Crippen LogP contribution >= 0.6 is 0 Å². The molecule has 2 rings (SSSR count). The number of aryl methyl sites for hydroxylation is 2. The van der Waals surface area contributed by atoms with E-state index in [1.54, 1.807) is 0 Å². The summed E-state index contributed by atoms with van der Waals surface area (Å²) < 4.78 is 1.85. The summed E-state index contributed by atoms with van der Waals surface area (Å²) in [4.78, 5) is 12.3. The highest BCUT2D eigenvalue weighted by atomic mass is 16.3. The molecular weight excluding hydrogens is 302 g/mol. The molecule has 0 aliphatic rings. The first kappa shape index (κ1) is 18.2. The van der Waals surface area contributed by atoms with E-state index in [1.165, 1.54) is 0 Å². The number of hydrogen-bond acceptors (Lipinski definition) is 3. The summed E-state index contributed by atoms with van der Waals surface area (Å²) >= 11 is 0. The summed E-state index contributed by atoms with van der Waals surface area (Å²) in [6.07, 6.45) is 0.619. The van der Waals surface area contributed by atoms with Crippen molar-refractivity contribution in [3.8, 4) is 0 Å². The van der Waals surface area contributed by atoms with E-state index < -0.39 is 6.10 Å². The Morgan fingerprint density at radius 1 is 1.25 bits per heavy atom. The smallest absolute Gasteiger partial charge is 0.223 e. The zero-order chi connectivity index (χ0) is 17.7. The fourth-order valence-corrected chi connectivity index (χ4v) is 2.86. The Balaban J connectivity index is 1.83. The van der Waals surface area contributed by atoms with Crippen molar-refractivity contribution in [1.29, 1.82) is 0 Å². The van der Waals surface area contributed by atoms with Crippen molar-refractivity contribution in [2.24, 2.45) is 13.0 Å². The van der Waals surface area contributed by atoms with Gasteiger partial charge in [0.25, 0.3) is 0 Å². The summed E-state index contributed by atoms with van der Waals surface area (Å²) in [6.45, 7) is 6.16. The van der Waals surface area contributed by atoms with Crippen LogP contribution in [0.4, 0.5) is 0 Å². The van der Waals surface area contributed by atoms with Crippen molar-refractivity contribution in [3.63, 3.8) is 0 Å². The molecule has 0 bridgehead atoms. The Morgan fingerprint density at radius 2 is 1.92 bits per heavy atom. The monoisotopic (exact) mass is 329 g/mol. The molecule has 0 aliphatic heterocycles. The second kappa shape index (κ2) is 8.11. The fourth-order valence-electron chi connectivity index (χ4n) is 2.86. The highest BCUT2D eigenvalue weighted by Gasteiger charge is 2.19. The zero-order valence-electron chi connectivity index (χ0n) is 14.9. The van der Waals surface area contributed by atoms with Crippen LogP contribution in [0.5, 0.6) is 0 Å². The Bertz CT molecular complexity index is 679. The number of nitrogens with zero attached hydrogens (tertiary/aromatic N) is 2. The number of carbonyl (C=O) groups excluding carboxylic acids is 1. The van der Waals surface area contributed by atoms with Gasteiger partial charge in [0.15, 0.2) is 0 Å². The standard InChI is InChI=1S/C19H27N3O2/c1-13(10-18-14(2)21-22(4)15(18)3)19(24)20-12-17(23)11-16-8-6-5-7-9-16/h5-9,13,17,23H,10-12H2,1-4H3,(H,20,24). The summed E-state index contributed by atoms with van der Waals surface area (Å²) in [6, 6.07) is 9.79. The summed E-state index contributed by atoms with van der Waals surface area (Å²) in [5, 5.41) is 17.3. The van der Waals surface area contributed by atoms with E-state index in [9.17, 15) is 9.90 Å². The van der Waals surface area contributed by atoms with Crippen molar-refractivity contribution in [3.05, 3.63) is 52.8 Å². The Labute approximate surface area is 143 Å². The van der Waals surface area contributed by atoms with Gasteiger partial charge in [0.2, 0.25) is 5.91 Å². The van der Waals surface area contributed by atoms with E-state index in [4.69, 9.17) is 0 Å². The van der Waals surface area contributed by atoms with Gasteiger partial charge in [-0.1, -0.05) is 37.3 Å². The molecule has 1 heterocycles. The van der Waals surface area contributed by atoms with E-state index in [2.05, 4.69) is 10.4 Å². The number of nitrogens with one attached hydrogen (secondary N) is 1. The second-order valence-electron chi connectivity index (χ2n) is 6.47. The van der Waals surface area contributed by atoms with Crippen molar-refractivity contribution < 1.29 is 9.90 Å². The van der Waals surface area contributed by atoms with Gasteiger partial charge in [-0.25, -0.2) is 0 Å². The Kier molecular flexibility index (Phi) is 6.15. The van der Waals surface area contributed by atoms with Crippen molar-refractivity contribution in [2.75, 3.05) is 6.54 Å². The molecule has 2 aromatic rings. The van der Waals surface area contributed by atoms with Gasteiger partial charge in [0, 0.05) is 31.6 Å². The molecule has 0 saturated carbocycles. The number of aliphatic hydroxyl groups is 1. The number of aliphatic hydroxyl groups excluding tert-OH is 1. The van der Waals surface area contributed by atoms with E-state index in [0.29, 0.717) is 12.8 Å². The number of benzene rings is 1. The lowest BCUT2D eigenvalue weighted by molar-refractivity contribution is -0.124. The highest BCUT2D eigenvalue weighted by Crippen LogP contribution is 2.17. The fraction of sp³-hybridized carbons (Fsp3) is 0.474. The molecule has 1 aromatic heterocycles. The predicted octanol–water partition coefficient (Wildman–Crippen LogP) is 1.94. The highest BCUT2D eigenvalue weighted by molar-refractivity contribution is 5.78. The molecular formula is C19H27N3O2. The van der Waals surface area contributed by atoms with Crippen molar-refractivity contribution in [1.82, 2.24) is 15.1 Å². The molecule has 5 nitrogen and oxygen atoms in total. The van der Waals surface area contributed by atoms with Crippen LogP contribution in [0, 0.1) is 19.8 Å². The van der Waals surface area contributed by atoms with Gasteiger partial charge in [-0.2, -0.15) is 5.10 Å². The Hall–Kier alpha value is -2.14. The van der Waals surface area contributed by atoms with E-state index in [1.807, 2.05) is 62.8 Å². The quantitative estimate of drug-likeness (QED) is 0.816. The molecule has 0 spiro atoms. The molecule has 1 amide bonds. The molecule has 2 unspecified atom stereocenters. The first-order valence-electron chi connectivity index (χ1n) is 8.37. The first-order valence-corrected chi connectivity index (χ1v) is 8.37. The van der Waals surface area contributed by atoms with E-state index in [0.717, 1.165) is 22.5 Å². The molecule has 5 heteroatoms. The van der Waals surface area contributed by atoms with Crippen LogP contribution in [0.15, 0.2) is 30.3 Å². The topological polar surface area (TPSA) is 67.2 Å². The van der Waals surface area contributed by atoms with Gasteiger partial charge in [-0.15, -0.1) is 0 Å². The number of rotatable bonds is 7. The second-order valence-corrected chi connectivity index (χ2v) is 6.47. The van der Waals surface area contributed by atoms with Crippen LogP contribution in [0.1, 0.15) is 29.4 Å². The number of carbonyl (C=O) groups is 1. The molecule has 0 aliphatic carbocycles. The maximum atomic E-state index is 12.3. The molecule has 130 valence electrons. The van der Waals surface area contributed by atoms with Gasteiger partial charge >= 0.3 is 0 Å². The minimum atomic E-state index is -0.578. The van der Waals surface area contributed by atoms with Crippen LogP contribution in [-0.4, -0.2) is 33.4 Å². The normalized spacial score (nSPS) is 13.5. The molecule has 2 atom stereocenters. The maximum Gasteiger partial charge on any atom is 0.223 e. The van der Waals surface area contributed by atoms with E-state index >= 15 is 0 Å². The number of aromatic nitrogens is 2. The third kappa shape index (κ3) is 4.68. The minimum Gasteiger partial charge on any atom is -0.391 e.